The van der Waals surface area contributed by atoms with Crippen molar-refractivity contribution in [3.05, 3.63) is 92.1 Å². The van der Waals surface area contributed by atoms with Gasteiger partial charge in [-0.05, 0) is 30.2 Å². The quantitative estimate of drug-likeness (QED) is 0.430. The predicted molar refractivity (Wildman–Crippen MR) is 122 cm³/mol. The molecule has 2 aromatic carbocycles. The molecule has 0 aliphatic heterocycles. The zero-order valence-electron chi connectivity index (χ0n) is 18.0. The van der Waals surface area contributed by atoms with E-state index < -0.39 is 29.7 Å². The summed E-state index contributed by atoms with van der Waals surface area (Å²) < 4.78 is 6.25. The molecule has 10 heteroatoms. The van der Waals surface area contributed by atoms with Crippen LogP contribution in [0.2, 0.25) is 0 Å². The maximum absolute atomic E-state index is 12.8. The summed E-state index contributed by atoms with van der Waals surface area (Å²) in [6, 6.07) is 15.1. The average Bonchev–Trinajstić information content (AvgIpc) is 2.83. The predicted octanol–water partition coefficient (Wildman–Crippen LogP) is 0.869. The van der Waals surface area contributed by atoms with Gasteiger partial charge in [0.25, 0.3) is 11.5 Å². The van der Waals surface area contributed by atoms with Crippen LogP contribution >= 0.6 is 0 Å². The average molecular weight is 452 g/mol. The Kier molecular flexibility index (Phi) is 7.42. The number of amides is 1. The highest BCUT2D eigenvalue weighted by molar-refractivity contribution is 5.98. The van der Waals surface area contributed by atoms with Crippen LogP contribution < -0.4 is 21.9 Å². The van der Waals surface area contributed by atoms with Crippen LogP contribution in [0, 0.1) is 0 Å². The van der Waals surface area contributed by atoms with Crippen LogP contribution in [-0.2, 0) is 22.7 Å². The van der Waals surface area contributed by atoms with E-state index in [9.17, 15) is 19.2 Å². The van der Waals surface area contributed by atoms with Gasteiger partial charge in [0.1, 0.15) is 5.82 Å². The van der Waals surface area contributed by atoms with Gasteiger partial charge in [-0.1, -0.05) is 42.5 Å². The van der Waals surface area contributed by atoms with Crippen LogP contribution in [0.3, 0.4) is 0 Å². The Morgan fingerprint density at radius 3 is 2.33 bits per heavy atom. The number of carbonyl (C=O) groups excluding carboxylic acids is 2. The third kappa shape index (κ3) is 5.36. The van der Waals surface area contributed by atoms with Gasteiger partial charge in [0, 0.05) is 6.54 Å². The minimum Gasteiger partial charge on any atom is -0.452 e. The van der Waals surface area contributed by atoms with E-state index in [2.05, 4.69) is 4.98 Å². The maximum Gasteiger partial charge on any atom is 0.338 e. The van der Waals surface area contributed by atoms with Crippen molar-refractivity contribution in [3.8, 4) is 0 Å². The van der Waals surface area contributed by atoms with Gasteiger partial charge in [-0.2, -0.15) is 0 Å². The first-order valence-electron chi connectivity index (χ1n) is 10.2. The normalized spacial score (nSPS) is 10.6. The number of ether oxygens (including phenoxy) is 1. The Hall–Kier alpha value is -4.18. The first-order chi connectivity index (χ1) is 15.8. The number of nitrogens with zero attached hydrogens (tertiary/aromatic N) is 2. The van der Waals surface area contributed by atoms with Crippen molar-refractivity contribution in [2.24, 2.45) is 0 Å². The third-order valence-corrected chi connectivity index (χ3v) is 4.98. The monoisotopic (exact) mass is 452 g/mol. The molecule has 10 nitrogen and oxygen atoms in total. The lowest BCUT2D eigenvalue weighted by Gasteiger charge is -2.23. The molecular formula is C23H24N4O6. The molecule has 0 bridgehead atoms. The summed E-state index contributed by atoms with van der Waals surface area (Å²) in [6.07, 6.45) is 0. The number of aliphatic hydroxyl groups excluding tert-OH is 1. The molecule has 0 aliphatic rings. The Balaban J connectivity index is 1.81. The van der Waals surface area contributed by atoms with Crippen LogP contribution in [0.15, 0.2) is 64.2 Å². The lowest BCUT2D eigenvalue weighted by atomic mass is 10.1. The molecule has 33 heavy (non-hydrogen) atoms. The molecule has 0 fully saturated rings. The summed E-state index contributed by atoms with van der Waals surface area (Å²) in [5, 5.41) is 9.08. The van der Waals surface area contributed by atoms with Gasteiger partial charge in [0.2, 0.25) is 0 Å². The van der Waals surface area contributed by atoms with Crippen molar-refractivity contribution in [1.82, 2.24) is 9.55 Å². The summed E-state index contributed by atoms with van der Waals surface area (Å²) in [5.74, 6) is -1.59. The van der Waals surface area contributed by atoms with Crippen LogP contribution in [0.25, 0.3) is 0 Å². The molecule has 1 aromatic heterocycles. The fourth-order valence-electron chi connectivity index (χ4n) is 3.26. The molecule has 0 saturated heterocycles. The fourth-order valence-corrected chi connectivity index (χ4v) is 3.26. The van der Waals surface area contributed by atoms with Crippen LogP contribution in [0.1, 0.15) is 28.4 Å². The molecule has 0 saturated carbocycles. The van der Waals surface area contributed by atoms with Crippen molar-refractivity contribution >= 4 is 23.4 Å². The minimum atomic E-state index is -0.817. The standard InChI is InChI=1S/C23H24N4O6/c1-2-26(18(29)14-33-22(31)17-10-8-16(13-28)9-11-17)19-20(24)27(23(32)25-21(19)30)12-15-6-4-3-5-7-15/h3-11,28H,2,12-14,24H2,1H3,(H,25,30,32). The van der Waals surface area contributed by atoms with Gasteiger partial charge in [-0.3, -0.25) is 19.1 Å². The summed E-state index contributed by atoms with van der Waals surface area (Å²) in [7, 11) is 0. The molecule has 0 unspecified atom stereocenters. The van der Waals surface area contributed by atoms with Crippen molar-refractivity contribution in [2.75, 3.05) is 23.8 Å². The van der Waals surface area contributed by atoms with E-state index in [-0.39, 0.29) is 36.8 Å². The second-order valence-electron chi connectivity index (χ2n) is 7.13. The number of esters is 1. The number of carbonyl (C=O) groups is 2. The second-order valence-corrected chi connectivity index (χ2v) is 7.13. The van der Waals surface area contributed by atoms with Crippen LogP contribution in [0.5, 0.6) is 0 Å². The maximum atomic E-state index is 12.8. The van der Waals surface area contributed by atoms with Gasteiger partial charge in [0.15, 0.2) is 12.3 Å². The van der Waals surface area contributed by atoms with E-state index in [0.717, 1.165) is 15.0 Å². The summed E-state index contributed by atoms with van der Waals surface area (Å²) in [4.78, 5) is 53.2. The number of nitrogen functional groups attached to an aromatic ring is 1. The van der Waals surface area contributed by atoms with E-state index in [4.69, 9.17) is 15.6 Å². The SMILES string of the molecule is CCN(C(=O)COC(=O)c1ccc(CO)cc1)c1c(N)n(Cc2ccccc2)c(=O)[nH]c1=O. The number of anilines is 2. The molecule has 1 amide bonds. The molecule has 4 N–H and O–H groups in total. The number of aromatic amines is 1. The lowest BCUT2D eigenvalue weighted by Crippen LogP contribution is -2.42. The number of likely N-dealkylation sites (N-methyl/N-ethyl adjacent to an activating group) is 1. The highest BCUT2D eigenvalue weighted by Gasteiger charge is 2.24. The zero-order valence-corrected chi connectivity index (χ0v) is 18.0. The summed E-state index contributed by atoms with van der Waals surface area (Å²) in [6.45, 7) is 0.976. The van der Waals surface area contributed by atoms with Crippen LogP contribution in [0.4, 0.5) is 11.5 Å². The topological polar surface area (TPSA) is 148 Å². The van der Waals surface area contributed by atoms with Crippen molar-refractivity contribution < 1.29 is 19.4 Å². The Morgan fingerprint density at radius 1 is 1.06 bits per heavy atom. The number of benzene rings is 2. The number of aromatic nitrogens is 2. The number of aliphatic hydroxyl groups is 1. The van der Waals surface area contributed by atoms with Crippen molar-refractivity contribution in [1.29, 1.82) is 0 Å². The summed E-state index contributed by atoms with van der Waals surface area (Å²) >= 11 is 0. The molecular weight excluding hydrogens is 428 g/mol. The Labute approximate surface area is 188 Å². The third-order valence-electron chi connectivity index (χ3n) is 4.98. The smallest absolute Gasteiger partial charge is 0.338 e. The zero-order chi connectivity index (χ0) is 24.0. The van der Waals surface area contributed by atoms with Gasteiger partial charge in [0.05, 0.1) is 18.7 Å². The van der Waals surface area contributed by atoms with Crippen molar-refractivity contribution in [2.45, 2.75) is 20.1 Å². The molecule has 3 aromatic rings. The number of hydrogen-bond acceptors (Lipinski definition) is 7. The van der Waals surface area contributed by atoms with E-state index in [0.29, 0.717) is 5.56 Å². The number of H-pyrrole nitrogens is 1. The molecule has 172 valence electrons. The van der Waals surface area contributed by atoms with Gasteiger partial charge in [-0.15, -0.1) is 0 Å². The number of nitrogens with one attached hydrogen (secondary N) is 1. The number of nitrogens with two attached hydrogens (primary N) is 1. The minimum absolute atomic E-state index is 0.0540. The largest absolute Gasteiger partial charge is 0.452 e. The molecule has 0 radical (unpaired) electrons. The van der Waals surface area contributed by atoms with E-state index in [1.807, 2.05) is 6.07 Å². The van der Waals surface area contributed by atoms with Gasteiger partial charge < -0.3 is 20.5 Å². The fraction of sp³-hybridized carbons (Fsp3) is 0.217. The first-order valence-corrected chi connectivity index (χ1v) is 10.2. The number of hydrogen-bond donors (Lipinski definition) is 3. The Bertz CT molecular complexity index is 1250. The van der Waals surface area contributed by atoms with E-state index in [1.165, 1.54) is 12.1 Å². The first kappa shape index (κ1) is 23.5. The van der Waals surface area contributed by atoms with Crippen LogP contribution in [-0.4, -0.2) is 39.7 Å². The lowest BCUT2D eigenvalue weighted by molar-refractivity contribution is -0.121. The van der Waals surface area contributed by atoms with E-state index >= 15 is 0 Å². The number of rotatable bonds is 8. The molecule has 1 heterocycles. The van der Waals surface area contributed by atoms with Gasteiger partial charge >= 0.3 is 11.7 Å². The molecule has 0 aliphatic carbocycles. The molecule has 0 atom stereocenters. The highest BCUT2D eigenvalue weighted by Crippen LogP contribution is 2.18. The summed E-state index contributed by atoms with van der Waals surface area (Å²) in [5.41, 5.74) is 6.04. The second kappa shape index (κ2) is 10.4. The Morgan fingerprint density at radius 2 is 1.73 bits per heavy atom. The van der Waals surface area contributed by atoms with E-state index in [1.54, 1.807) is 43.3 Å². The van der Waals surface area contributed by atoms with Crippen molar-refractivity contribution in [3.63, 3.8) is 0 Å². The molecule has 0 spiro atoms. The van der Waals surface area contributed by atoms with Gasteiger partial charge in [-0.25, -0.2) is 9.59 Å². The highest BCUT2D eigenvalue weighted by atomic mass is 16.5. The molecule has 3 rings (SSSR count).